The van der Waals surface area contributed by atoms with Crippen molar-refractivity contribution in [3.8, 4) is 0 Å². The van der Waals surface area contributed by atoms with E-state index in [1.165, 1.54) is 0 Å². The van der Waals surface area contributed by atoms with Gasteiger partial charge in [0.2, 0.25) is 5.91 Å². The van der Waals surface area contributed by atoms with E-state index in [4.69, 9.17) is 4.74 Å². The largest absolute Gasteiger partial charge is 0.383 e. The summed E-state index contributed by atoms with van der Waals surface area (Å²) in [5.41, 5.74) is 2.28. The molecule has 1 heterocycles. The molecule has 108 valence electrons. The van der Waals surface area contributed by atoms with Gasteiger partial charge in [-0.3, -0.25) is 14.8 Å². The van der Waals surface area contributed by atoms with E-state index in [9.17, 15) is 4.79 Å². The van der Waals surface area contributed by atoms with Crippen molar-refractivity contribution >= 4 is 35.0 Å². The van der Waals surface area contributed by atoms with Gasteiger partial charge in [-0.25, -0.2) is 0 Å². The number of nitrogens with one attached hydrogen (secondary N) is 2. The van der Waals surface area contributed by atoms with Gasteiger partial charge in [-0.1, -0.05) is 0 Å². The van der Waals surface area contributed by atoms with Crippen LogP contribution >= 0.6 is 12.4 Å². The van der Waals surface area contributed by atoms with Crippen LogP contribution in [-0.4, -0.2) is 42.7 Å². The number of fused-ring (bicyclic) bond motifs is 1. The number of carbonyl (C=O) groups excluding carboxylic acids is 1. The van der Waals surface area contributed by atoms with Crippen LogP contribution in [0.3, 0.4) is 0 Å². The van der Waals surface area contributed by atoms with Crippen LogP contribution in [0, 0.1) is 0 Å². The average molecular weight is 297 g/mol. The number of benzene rings is 1. The molecule has 0 unspecified atom stereocenters. The molecule has 0 radical (unpaired) electrons. The molecule has 0 aliphatic rings. The Labute approximate surface area is 123 Å². The second-order valence-corrected chi connectivity index (χ2v) is 3.98. The van der Waals surface area contributed by atoms with Gasteiger partial charge in [0.05, 0.1) is 24.2 Å². The molecule has 7 heteroatoms. The Hall–Kier alpha value is -1.76. The Kier molecular flexibility index (Phi) is 6.86. The Morgan fingerprint density at radius 1 is 1.25 bits per heavy atom. The number of carbonyl (C=O) groups is 1. The van der Waals surface area contributed by atoms with Crippen molar-refractivity contribution in [1.82, 2.24) is 15.3 Å². The fraction of sp³-hybridized carbons (Fsp3) is 0.308. The third-order valence-corrected chi connectivity index (χ3v) is 2.52. The highest BCUT2D eigenvalue weighted by Crippen LogP contribution is 2.14. The van der Waals surface area contributed by atoms with Crippen LogP contribution in [0.15, 0.2) is 30.6 Å². The number of aromatic nitrogens is 2. The minimum Gasteiger partial charge on any atom is -0.383 e. The molecule has 0 atom stereocenters. The molecule has 2 rings (SSSR count). The number of amides is 1. The third kappa shape index (κ3) is 4.73. The first-order chi connectivity index (χ1) is 9.29. The minimum atomic E-state index is -0.0978. The zero-order valence-electron chi connectivity index (χ0n) is 11.1. The number of methoxy groups -OCH3 is 1. The summed E-state index contributed by atoms with van der Waals surface area (Å²) >= 11 is 0. The summed E-state index contributed by atoms with van der Waals surface area (Å²) in [6, 6.07) is 5.44. The fourth-order valence-corrected chi connectivity index (χ4v) is 1.62. The number of nitrogens with zero attached hydrogens (tertiary/aromatic N) is 2. The zero-order valence-corrected chi connectivity index (χ0v) is 11.9. The summed E-state index contributed by atoms with van der Waals surface area (Å²) in [6.45, 7) is 1.48. The Morgan fingerprint density at radius 2 is 2.00 bits per heavy atom. The molecule has 0 spiro atoms. The van der Waals surface area contributed by atoms with Crippen LogP contribution in [-0.2, 0) is 9.53 Å². The summed E-state index contributed by atoms with van der Waals surface area (Å²) in [5.74, 6) is -0.0978. The number of hydrogen-bond acceptors (Lipinski definition) is 5. The second kappa shape index (κ2) is 8.42. The lowest BCUT2D eigenvalue weighted by Crippen LogP contribution is -2.30. The molecule has 0 aliphatic heterocycles. The maximum Gasteiger partial charge on any atom is 0.238 e. The zero-order chi connectivity index (χ0) is 13.5. The maximum absolute atomic E-state index is 11.7. The van der Waals surface area contributed by atoms with E-state index < -0.39 is 0 Å². The average Bonchev–Trinajstić information content (AvgIpc) is 2.43. The molecule has 0 saturated carbocycles. The highest BCUT2D eigenvalue weighted by Gasteiger charge is 2.03. The van der Waals surface area contributed by atoms with Crippen molar-refractivity contribution in [3.63, 3.8) is 0 Å². The van der Waals surface area contributed by atoms with Crippen LogP contribution in [0.25, 0.3) is 11.0 Å². The van der Waals surface area contributed by atoms with Gasteiger partial charge >= 0.3 is 0 Å². The first-order valence-electron chi connectivity index (χ1n) is 6.00. The van der Waals surface area contributed by atoms with Gasteiger partial charge < -0.3 is 15.4 Å². The maximum atomic E-state index is 11.7. The standard InChI is InChI=1S/C13H16N4O2.ClH/c1-19-7-6-14-9-13(18)17-10-2-3-11-12(8-10)16-5-4-15-11;/h2-5,8,14H,6-7,9H2,1H3,(H,17,18);1H. The van der Waals surface area contributed by atoms with Crippen LogP contribution in [0.5, 0.6) is 0 Å². The monoisotopic (exact) mass is 296 g/mol. The Balaban J connectivity index is 0.00000200. The van der Waals surface area contributed by atoms with Gasteiger partial charge in [0.25, 0.3) is 0 Å². The van der Waals surface area contributed by atoms with Crippen molar-refractivity contribution < 1.29 is 9.53 Å². The van der Waals surface area contributed by atoms with E-state index in [1.807, 2.05) is 12.1 Å². The van der Waals surface area contributed by atoms with E-state index in [1.54, 1.807) is 25.6 Å². The number of hydrogen-bond donors (Lipinski definition) is 2. The number of ether oxygens (including phenoxy) is 1. The molecule has 1 aromatic carbocycles. The highest BCUT2D eigenvalue weighted by molar-refractivity contribution is 5.94. The molecule has 0 aliphatic carbocycles. The second-order valence-electron chi connectivity index (χ2n) is 3.98. The molecule has 1 aromatic heterocycles. The Bertz CT molecular complexity index is 565. The van der Waals surface area contributed by atoms with Gasteiger partial charge in [-0.05, 0) is 18.2 Å². The van der Waals surface area contributed by atoms with Crippen LogP contribution < -0.4 is 10.6 Å². The lowest BCUT2D eigenvalue weighted by molar-refractivity contribution is -0.115. The summed E-state index contributed by atoms with van der Waals surface area (Å²) in [6.07, 6.45) is 3.26. The number of anilines is 1. The van der Waals surface area contributed by atoms with Gasteiger partial charge in [0, 0.05) is 31.7 Å². The first kappa shape index (κ1) is 16.3. The first-order valence-corrected chi connectivity index (χ1v) is 6.00. The van der Waals surface area contributed by atoms with Crippen molar-refractivity contribution in [2.45, 2.75) is 0 Å². The van der Waals surface area contributed by atoms with Gasteiger partial charge in [0.1, 0.15) is 0 Å². The Morgan fingerprint density at radius 3 is 2.75 bits per heavy atom. The van der Waals surface area contributed by atoms with Crippen molar-refractivity contribution in [2.75, 3.05) is 32.1 Å². The number of rotatable bonds is 6. The molecule has 0 bridgehead atoms. The summed E-state index contributed by atoms with van der Waals surface area (Å²) in [7, 11) is 1.62. The predicted octanol–water partition coefficient (Wildman–Crippen LogP) is 1.23. The lowest BCUT2D eigenvalue weighted by atomic mass is 10.2. The van der Waals surface area contributed by atoms with Crippen molar-refractivity contribution in [1.29, 1.82) is 0 Å². The quantitative estimate of drug-likeness (QED) is 0.784. The highest BCUT2D eigenvalue weighted by atomic mass is 35.5. The van der Waals surface area contributed by atoms with Crippen molar-refractivity contribution in [2.24, 2.45) is 0 Å². The molecule has 1 amide bonds. The summed E-state index contributed by atoms with van der Waals surface area (Å²) < 4.78 is 4.88. The van der Waals surface area contributed by atoms with Crippen LogP contribution in [0.4, 0.5) is 5.69 Å². The topological polar surface area (TPSA) is 76.1 Å². The van der Waals surface area contributed by atoms with Crippen LogP contribution in [0.2, 0.25) is 0 Å². The van der Waals surface area contributed by atoms with Gasteiger partial charge in [-0.2, -0.15) is 0 Å². The minimum absolute atomic E-state index is 0. The third-order valence-electron chi connectivity index (χ3n) is 2.52. The SMILES string of the molecule is COCCNCC(=O)Nc1ccc2nccnc2c1.Cl. The number of halogens is 1. The lowest BCUT2D eigenvalue weighted by Gasteiger charge is -2.07. The van der Waals surface area contributed by atoms with Crippen molar-refractivity contribution in [3.05, 3.63) is 30.6 Å². The molecule has 2 N–H and O–H groups in total. The predicted molar refractivity (Wildman–Crippen MR) is 80.2 cm³/mol. The van der Waals surface area contributed by atoms with Gasteiger partial charge in [-0.15, -0.1) is 12.4 Å². The smallest absolute Gasteiger partial charge is 0.238 e. The molecule has 0 fully saturated rings. The normalized spacial score (nSPS) is 10.1. The molecular weight excluding hydrogens is 280 g/mol. The van der Waals surface area contributed by atoms with Crippen LogP contribution in [0.1, 0.15) is 0 Å². The summed E-state index contributed by atoms with van der Waals surface area (Å²) in [5, 5.41) is 5.78. The van der Waals surface area contributed by atoms with E-state index >= 15 is 0 Å². The molecular formula is C13H17ClN4O2. The fourth-order valence-electron chi connectivity index (χ4n) is 1.62. The molecule has 2 aromatic rings. The van der Waals surface area contributed by atoms with E-state index in [0.717, 1.165) is 11.0 Å². The molecule has 6 nitrogen and oxygen atoms in total. The van der Waals surface area contributed by atoms with E-state index in [2.05, 4.69) is 20.6 Å². The van der Waals surface area contributed by atoms with E-state index in [0.29, 0.717) is 18.8 Å². The van der Waals surface area contributed by atoms with Gasteiger partial charge in [0.15, 0.2) is 0 Å². The molecule has 0 saturated heterocycles. The summed E-state index contributed by atoms with van der Waals surface area (Å²) in [4.78, 5) is 20.0. The molecule has 20 heavy (non-hydrogen) atoms. The van der Waals surface area contributed by atoms with E-state index in [-0.39, 0.29) is 24.9 Å².